The fourth-order valence-corrected chi connectivity index (χ4v) is 3.16. The van der Waals surface area contributed by atoms with Gasteiger partial charge in [0.05, 0.1) is 19.2 Å². The minimum Gasteiger partial charge on any atom is -0.496 e. The molecule has 0 amide bonds. The van der Waals surface area contributed by atoms with E-state index in [-0.39, 0.29) is 17.2 Å². The smallest absolute Gasteiger partial charge is 0.417 e. The number of aryl methyl sites for hydroxylation is 2. The summed E-state index contributed by atoms with van der Waals surface area (Å²) in [5, 5.41) is 10.6. The van der Waals surface area contributed by atoms with Crippen LogP contribution in [0.2, 0.25) is 0 Å². The Bertz CT molecular complexity index is 794. The van der Waals surface area contributed by atoms with Gasteiger partial charge in [0.25, 0.3) is 0 Å². The van der Waals surface area contributed by atoms with Crippen LogP contribution >= 0.6 is 0 Å². The molecule has 1 N–H and O–H groups in total. The number of aromatic nitrogens is 1. The summed E-state index contributed by atoms with van der Waals surface area (Å²) in [5.74, 6) is -0.172. The van der Waals surface area contributed by atoms with Crippen molar-refractivity contribution >= 4 is 0 Å². The largest absolute Gasteiger partial charge is 0.496 e. The number of nitrogens with zero attached hydrogens (tertiary/aromatic N) is 1. The fraction of sp³-hybridized carbons (Fsp3) is 0.526. The molecule has 0 aliphatic carbocycles. The topological polar surface area (TPSA) is 55.5 Å². The Hall–Kier alpha value is -2.09. The Morgan fingerprint density at radius 2 is 1.81 bits per heavy atom. The summed E-state index contributed by atoms with van der Waals surface area (Å²) >= 11 is 0. The molecule has 8 heteroatoms. The third-order valence-corrected chi connectivity index (χ3v) is 4.67. The van der Waals surface area contributed by atoms with Crippen LogP contribution in [-0.2, 0) is 11.8 Å². The van der Waals surface area contributed by atoms with Gasteiger partial charge in [0.1, 0.15) is 17.3 Å². The maximum atomic E-state index is 13.8. The zero-order chi connectivity index (χ0) is 20.6. The number of benzene rings is 1. The molecule has 27 heavy (non-hydrogen) atoms. The van der Waals surface area contributed by atoms with Gasteiger partial charge in [-0.15, -0.1) is 0 Å². The minimum absolute atomic E-state index is 0.202. The maximum absolute atomic E-state index is 13.8. The summed E-state index contributed by atoms with van der Waals surface area (Å²) in [6.07, 6.45) is -6.52. The molecule has 0 aliphatic rings. The van der Waals surface area contributed by atoms with Gasteiger partial charge in [-0.1, -0.05) is 13.8 Å². The molecule has 0 radical (unpaired) electrons. The molecule has 0 fully saturated rings. The Morgan fingerprint density at radius 1 is 1.19 bits per heavy atom. The molecule has 1 aromatic heterocycles. The average Bonchev–Trinajstić information content (AvgIpc) is 2.83. The molecule has 4 nitrogen and oxygen atoms in total. The lowest BCUT2D eigenvalue weighted by Gasteiger charge is -2.37. The van der Waals surface area contributed by atoms with E-state index in [1.165, 1.54) is 27.0 Å². The van der Waals surface area contributed by atoms with Crippen LogP contribution in [0.4, 0.5) is 17.6 Å². The molecular weight excluding hydrogens is 366 g/mol. The molecule has 1 heterocycles. The van der Waals surface area contributed by atoms with E-state index >= 15 is 0 Å². The highest BCUT2D eigenvalue weighted by atomic mass is 19.4. The van der Waals surface area contributed by atoms with Gasteiger partial charge in [-0.25, -0.2) is 9.37 Å². The first-order chi connectivity index (χ1) is 12.3. The van der Waals surface area contributed by atoms with Gasteiger partial charge in [-0.2, -0.15) is 13.2 Å². The van der Waals surface area contributed by atoms with Gasteiger partial charge in [-0.3, -0.25) is 0 Å². The summed E-state index contributed by atoms with van der Waals surface area (Å²) < 4.78 is 65.4. The highest BCUT2D eigenvalue weighted by Gasteiger charge is 2.57. The number of hydrogen-bond donors (Lipinski definition) is 1. The number of rotatable bonds is 6. The van der Waals surface area contributed by atoms with Crippen LogP contribution in [0.15, 0.2) is 22.6 Å². The monoisotopic (exact) mass is 389 g/mol. The second-order valence-corrected chi connectivity index (χ2v) is 7.36. The molecule has 150 valence electrons. The number of aliphatic hydroxyl groups is 1. The van der Waals surface area contributed by atoms with Crippen molar-refractivity contribution < 1.29 is 31.8 Å². The van der Waals surface area contributed by atoms with Crippen molar-refractivity contribution in [1.82, 2.24) is 4.98 Å². The van der Waals surface area contributed by atoms with E-state index in [0.29, 0.717) is 11.5 Å². The number of hydrogen-bond acceptors (Lipinski definition) is 4. The van der Waals surface area contributed by atoms with Crippen molar-refractivity contribution in [1.29, 1.82) is 0 Å². The molecule has 0 aliphatic heterocycles. The molecule has 0 spiro atoms. The van der Waals surface area contributed by atoms with Gasteiger partial charge >= 0.3 is 6.18 Å². The first-order valence-corrected chi connectivity index (χ1v) is 8.35. The summed E-state index contributed by atoms with van der Waals surface area (Å²) in [4.78, 5) is 3.95. The molecule has 2 rings (SSSR count). The summed E-state index contributed by atoms with van der Waals surface area (Å²) in [7, 11) is 1.35. The van der Waals surface area contributed by atoms with E-state index in [2.05, 4.69) is 4.98 Å². The van der Waals surface area contributed by atoms with Gasteiger partial charge in [0.15, 0.2) is 11.5 Å². The normalized spacial score (nSPS) is 14.9. The van der Waals surface area contributed by atoms with Crippen LogP contribution < -0.4 is 4.74 Å². The second kappa shape index (κ2) is 7.14. The predicted octanol–water partition coefficient (Wildman–Crippen LogP) is 4.64. The molecule has 0 bridgehead atoms. The van der Waals surface area contributed by atoms with Crippen LogP contribution in [0.25, 0.3) is 0 Å². The fourth-order valence-electron chi connectivity index (χ4n) is 3.16. The summed E-state index contributed by atoms with van der Waals surface area (Å²) in [6, 6.07) is 3.63. The van der Waals surface area contributed by atoms with Crippen LogP contribution in [0.1, 0.15) is 43.2 Å². The third kappa shape index (κ3) is 4.43. The number of halogens is 4. The van der Waals surface area contributed by atoms with Gasteiger partial charge in [0, 0.05) is 5.56 Å². The number of alkyl halides is 3. The van der Waals surface area contributed by atoms with Crippen molar-refractivity contribution in [2.75, 3.05) is 7.11 Å². The van der Waals surface area contributed by atoms with Crippen molar-refractivity contribution in [3.05, 3.63) is 46.9 Å². The van der Waals surface area contributed by atoms with E-state index in [1.807, 2.05) is 0 Å². The lowest BCUT2D eigenvalue weighted by Crippen LogP contribution is -2.51. The number of oxazole rings is 1. The highest BCUT2D eigenvalue weighted by molar-refractivity contribution is 5.39. The second-order valence-electron chi connectivity index (χ2n) is 7.36. The standard InChI is InChI=1S/C19H23F4NO3/c1-11-12(2)27-16(24-11)9-18(25,19(21,22)23)10-17(3,4)14-8-13(20)6-7-15(14)26-5/h6-8,25H,9-10H2,1-5H3. The summed E-state index contributed by atoms with van der Waals surface area (Å²) in [5.41, 5.74) is -3.68. The molecule has 0 saturated heterocycles. The number of methoxy groups -OCH3 is 1. The highest BCUT2D eigenvalue weighted by Crippen LogP contribution is 2.45. The van der Waals surface area contributed by atoms with Crippen LogP contribution in [0, 0.1) is 19.7 Å². The van der Waals surface area contributed by atoms with Crippen molar-refractivity contribution in [3.8, 4) is 5.75 Å². The first kappa shape index (κ1) is 21.2. The minimum atomic E-state index is -4.94. The van der Waals surface area contributed by atoms with Crippen LogP contribution in [-0.4, -0.2) is 29.0 Å². The zero-order valence-electron chi connectivity index (χ0n) is 15.9. The summed E-state index contributed by atoms with van der Waals surface area (Å²) in [6.45, 7) is 6.18. The van der Waals surface area contributed by atoms with Crippen LogP contribution in [0.3, 0.4) is 0 Å². The predicted molar refractivity (Wildman–Crippen MR) is 91.3 cm³/mol. The van der Waals surface area contributed by atoms with Gasteiger partial charge < -0.3 is 14.3 Å². The molecule has 1 aromatic carbocycles. The van der Waals surface area contributed by atoms with E-state index in [9.17, 15) is 22.7 Å². The molecular formula is C19H23F4NO3. The zero-order valence-corrected chi connectivity index (χ0v) is 15.9. The average molecular weight is 389 g/mol. The number of ether oxygens (including phenoxy) is 1. The van der Waals surface area contributed by atoms with E-state index in [4.69, 9.17) is 9.15 Å². The SMILES string of the molecule is COc1ccc(F)cc1C(C)(C)CC(O)(Cc1nc(C)c(C)o1)C(F)(F)F. The lowest BCUT2D eigenvalue weighted by atomic mass is 9.73. The van der Waals surface area contributed by atoms with Gasteiger partial charge in [0.2, 0.25) is 0 Å². The molecule has 0 saturated carbocycles. The first-order valence-electron chi connectivity index (χ1n) is 8.35. The Balaban J connectivity index is 2.44. The van der Waals surface area contributed by atoms with Crippen molar-refractivity contribution in [2.24, 2.45) is 0 Å². The quantitative estimate of drug-likeness (QED) is 0.731. The van der Waals surface area contributed by atoms with Gasteiger partial charge in [-0.05, 0) is 43.9 Å². The molecule has 1 atom stereocenters. The molecule has 1 unspecified atom stereocenters. The maximum Gasteiger partial charge on any atom is 0.417 e. The van der Waals surface area contributed by atoms with Crippen LogP contribution in [0.5, 0.6) is 5.75 Å². The van der Waals surface area contributed by atoms with E-state index < -0.39 is 35.9 Å². The Kier molecular flexibility index (Phi) is 5.61. The van der Waals surface area contributed by atoms with E-state index in [0.717, 1.165) is 12.1 Å². The van der Waals surface area contributed by atoms with Crippen molar-refractivity contribution in [2.45, 2.75) is 57.7 Å². The third-order valence-electron chi connectivity index (χ3n) is 4.67. The molecule has 2 aromatic rings. The lowest BCUT2D eigenvalue weighted by molar-refractivity contribution is -0.267. The van der Waals surface area contributed by atoms with Crippen molar-refractivity contribution in [3.63, 3.8) is 0 Å². The van der Waals surface area contributed by atoms with E-state index in [1.54, 1.807) is 13.8 Å². The Labute approximate surface area is 155 Å². The Morgan fingerprint density at radius 3 is 2.30 bits per heavy atom.